The molecule has 1 aliphatic heterocycles. The van der Waals surface area contributed by atoms with Gasteiger partial charge in [0.15, 0.2) is 0 Å². The van der Waals surface area contributed by atoms with Gasteiger partial charge < -0.3 is 10.1 Å². The maximum Gasteiger partial charge on any atom is 0.0565 e. The third-order valence-electron chi connectivity index (χ3n) is 3.31. The molecule has 0 unspecified atom stereocenters. The van der Waals surface area contributed by atoms with Gasteiger partial charge in [0, 0.05) is 10.9 Å². The van der Waals surface area contributed by atoms with Crippen LogP contribution in [0.1, 0.15) is 38.0 Å². The Labute approximate surface area is 108 Å². The van der Waals surface area contributed by atoms with Crippen LogP contribution in [0.2, 0.25) is 0 Å². The summed E-state index contributed by atoms with van der Waals surface area (Å²) in [5, 5.41) is 5.83. The molecule has 0 saturated carbocycles. The van der Waals surface area contributed by atoms with E-state index in [2.05, 4.69) is 36.7 Å². The lowest BCUT2D eigenvalue weighted by Gasteiger charge is -2.32. The molecule has 0 amide bonds. The minimum absolute atomic E-state index is 0.411. The third kappa shape index (κ3) is 4.41. The number of hydrogen-bond donors (Lipinski definition) is 1. The maximum absolute atomic E-state index is 5.74. The van der Waals surface area contributed by atoms with Crippen molar-refractivity contribution < 1.29 is 4.74 Å². The molecule has 1 aliphatic rings. The zero-order valence-electron chi connectivity index (χ0n) is 10.8. The van der Waals surface area contributed by atoms with Gasteiger partial charge in [-0.3, -0.25) is 0 Å². The molecule has 0 bridgehead atoms. The molecule has 0 aromatic carbocycles. The maximum atomic E-state index is 5.74. The van der Waals surface area contributed by atoms with Crippen LogP contribution in [0.25, 0.3) is 0 Å². The zero-order valence-corrected chi connectivity index (χ0v) is 11.6. The van der Waals surface area contributed by atoms with E-state index in [9.17, 15) is 0 Å². The van der Waals surface area contributed by atoms with Gasteiger partial charge in [0.25, 0.3) is 0 Å². The number of hydrogen-bond acceptors (Lipinski definition) is 3. The minimum Gasteiger partial charge on any atom is -0.375 e. The van der Waals surface area contributed by atoms with E-state index in [0.717, 1.165) is 19.4 Å². The molecule has 1 aromatic heterocycles. The van der Waals surface area contributed by atoms with Crippen LogP contribution in [-0.4, -0.2) is 24.8 Å². The highest BCUT2D eigenvalue weighted by Gasteiger charge is 2.23. The van der Waals surface area contributed by atoms with E-state index in [1.165, 1.54) is 17.7 Å². The molecule has 1 aromatic rings. The third-order valence-corrected chi connectivity index (χ3v) is 4.25. The van der Waals surface area contributed by atoms with Crippen LogP contribution < -0.4 is 5.32 Å². The van der Waals surface area contributed by atoms with Gasteiger partial charge in [-0.2, -0.15) is 0 Å². The molecule has 1 saturated heterocycles. The van der Waals surface area contributed by atoms with Crippen LogP contribution in [0.15, 0.2) is 17.5 Å². The second kappa shape index (κ2) is 6.53. The summed E-state index contributed by atoms with van der Waals surface area (Å²) in [4.78, 5) is 1.50. The van der Waals surface area contributed by atoms with Crippen LogP contribution in [0.4, 0.5) is 0 Å². The van der Waals surface area contributed by atoms with Crippen molar-refractivity contribution in [2.24, 2.45) is 0 Å². The molecule has 0 aliphatic carbocycles. The number of rotatable bonds is 5. The topological polar surface area (TPSA) is 21.3 Å². The van der Waals surface area contributed by atoms with E-state index in [1.54, 1.807) is 0 Å². The van der Waals surface area contributed by atoms with E-state index >= 15 is 0 Å². The highest BCUT2D eigenvalue weighted by Crippen LogP contribution is 2.19. The first kappa shape index (κ1) is 13.1. The van der Waals surface area contributed by atoms with Crippen molar-refractivity contribution in [3.05, 3.63) is 22.4 Å². The highest BCUT2D eigenvalue weighted by molar-refractivity contribution is 7.09. The van der Waals surface area contributed by atoms with Gasteiger partial charge in [-0.05, 0) is 57.5 Å². The predicted molar refractivity (Wildman–Crippen MR) is 73.7 cm³/mol. The first-order chi connectivity index (χ1) is 8.24. The first-order valence-electron chi connectivity index (χ1n) is 6.65. The summed E-state index contributed by atoms with van der Waals surface area (Å²) in [7, 11) is 0. The molecule has 0 radical (unpaired) electrons. The molecule has 1 N–H and O–H groups in total. The van der Waals surface area contributed by atoms with Gasteiger partial charge in [-0.1, -0.05) is 6.07 Å². The molecular weight excluding hydrogens is 230 g/mol. The SMILES string of the molecule is C[C@@H]1CC(NCCCc2cccs2)C[C@@H](C)O1. The molecule has 2 nitrogen and oxygen atoms in total. The number of nitrogens with one attached hydrogen (secondary N) is 1. The summed E-state index contributed by atoms with van der Waals surface area (Å²) in [6, 6.07) is 5.01. The normalized spacial score (nSPS) is 29.4. The number of aryl methyl sites for hydroxylation is 1. The summed E-state index contributed by atoms with van der Waals surface area (Å²) >= 11 is 1.86. The van der Waals surface area contributed by atoms with Crippen LogP contribution in [0.5, 0.6) is 0 Å². The minimum atomic E-state index is 0.411. The van der Waals surface area contributed by atoms with Crippen LogP contribution in [0, 0.1) is 0 Å². The summed E-state index contributed by atoms with van der Waals surface area (Å²) in [5.41, 5.74) is 0. The number of ether oxygens (including phenoxy) is 1. The fraction of sp³-hybridized carbons (Fsp3) is 0.714. The average molecular weight is 253 g/mol. The lowest BCUT2D eigenvalue weighted by Crippen LogP contribution is -2.41. The lowest BCUT2D eigenvalue weighted by atomic mass is 10.00. The van der Waals surface area contributed by atoms with Gasteiger partial charge in [-0.15, -0.1) is 11.3 Å². The van der Waals surface area contributed by atoms with E-state index in [-0.39, 0.29) is 0 Å². The predicted octanol–water partition coefficient (Wildman–Crippen LogP) is 3.23. The molecule has 2 rings (SSSR count). The Morgan fingerprint density at radius 3 is 2.76 bits per heavy atom. The van der Waals surface area contributed by atoms with Crippen molar-refractivity contribution >= 4 is 11.3 Å². The Bertz CT molecular complexity index is 302. The van der Waals surface area contributed by atoms with Gasteiger partial charge in [0.05, 0.1) is 12.2 Å². The van der Waals surface area contributed by atoms with E-state index < -0.39 is 0 Å². The Morgan fingerprint density at radius 1 is 1.35 bits per heavy atom. The largest absolute Gasteiger partial charge is 0.375 e. The van der Waals surface area contributed by atoms with Crippen molar-refractivity contribution in [3.8, 4) is 0 Å². The monoisotopic (exact) mass is 253 g/mol. The molecule has 3 heteroatoms. The molecule has 2 atom stereocenters. The van der Waals surface area contributed by atoms with Gasteiger partial charge >= 0.3 is 0 Å². The van der Waals surface area contributed by atoms with Gasteiger partial charge in [0.2, 0.25) is 0 Å². The second-order valence-electron chi connectivity index (χ2n) is 5.06. The van der Waals surface area contributed by atoms with Crippen molar-refractivity contribution in [3.63, 3.8) is 0 Å². The van der Waals surface area contributed by atoms with Crippen LogP contribution in [-0.2, 0) is 11.2 Å². The lowest BCUT2D eigenvalue weighted by molar-refractivity contribution is -0.0419. The van der Waals surface area contributed by atoms with Crippen LogP contribution in [0.3, 0.4) is 0 Å². The van der Waals surface area contributed by atoms with Crippen molar-refractivity contribution in [1.82, 2.24) is 5.32 Å². The van der Waals surface area contributed by atoms with Gasteiger partial charge in [0.1, 0.15) is 0 Å². The standard InChI is InChI=1S/C14H23NOS/c1-11-9-13(10-12(2)16-11)15-7-3-5-14-6-4-8-17-14/h4,6,8,11-13,15H,3,5,7,9-10H2,1-2H3/t11-,12-/m1/s1. The van der Waals surface area contributed by atoms with Crippen molar-refractivity contribution in [2.45, 2.75) is 57.8 Å². The average Bonchev–Trinajstić information content (AvgIpc) is 2.76. The summed E-state index contributed by atoms with van der Waals surface area (Å²) in [5.74, 6) is 0. The molecular formula is C14H23NOS. The molecule has 2 heterocycles. The molecule has 0 spiro atoms. The van der Waals surface area contributed by atoms with E-state index in [0.29, 0.717) is 18.2 Å². The summed E-state index contributed by atoms with van der Waals surface area (Å²) < 4.78 is 5.74. The quantitative estimate of drug-likeness (QED) is 0.814. The number of thiophene rings is 1. The van der Waals surface area contributed by atoms with E-state index in [1.807, 2.05) is 11.3 Å². The summed E-state index contributed by atoms with van der Waals surface area (Å²) in [6.45, 7) is 5.48. The molecule has 17 heavy (non-hydrogen) atoms. The highest BCUT2D eigenvalue weighted by atomic mass is 32.1. The zero-order chi connectivity index (χ0) is 12.1. The molecule has 96 valence electrons. The van der Waals surface area contributed by atoms with Crippen LogP contribution >= 0.6 is 11.3 Å². The molecule has 1 fully saturated rings. The second-order valence-corrected chi connectivity index (χ2v) is 6.09. The fourth-order valence-electron chi connectivity index (χ4n) is 2.60. The Balaban J connectivity index is 1.61. The van der Waals surface area contributed by atoms with E-state index in [4.69, 9.17) is 4.74 Å². The van der Waals surface area contributed by atoms with Gasteiger partial charge in [-0.25, -0.2) is 0 Å². The Hall–Kier alpha value is -0.380. The Kier molecular flexibility index (Phi) is 5.01. The first-order valence-corrected chi connectivity index (χ1v) is 7.53. The van der Waals surface area contributed by atoms with Crippen molar-refractivity contribution in [1.29, 1.82) is 0 Å². The fourth-order valence-corrected chi connectivity index (χ4v) is 3.35. The smallest absolute Gasteiger partial charge is 0.0565 e. The van der Waals surface area contributed by atoms with Crippen molar-refractivity contribution in [2.75, 3.05) is 6.54 Å². The Morgan fingerprint density at radius 2 is 2.12 bits per heavy atom. The summed E-state index contributed by atoms with van der Waals surface area (Å²) in [6.07, 6.45) is 5.58.